The normalized spacial score (nSPS) is 20.4. The van der Waals surface area contributed by atoms with Crippen LogP contribution < -0.4 is 16.4 Å². The summed E-state index contributed by atoms with van der Waals surface area (Å²) in [6.45, 7) is 11.6. The van der Waals surface area contributed by atoms with Crippen molar-refractivity contribution < 1.29 is 22.4 Å². The molecule has 1 aliphatic carbocycles. The van der Waals surface area contributed by atoms with E-state index in [1.807, 2.05) is 19.9 Å². The van der Waals surface area contributed by atoms with Crippen molar-refractivity contribution in [3.63, 3.8) is 0 Å². The summed E-state index contributed by atoms with van der Waals surface area (Å²) in [6, 6.07) is 9.67. The van der Waals surface area contributed by atoms with Crippen LogP contribution in [0.1, 0.15) is 82.3 Å². The van der Waals surface area contributed by atoms with Gasteiger partial charge in [0.25, 0.3) is 5.91 Å². The van der Waals surface area contributed by atoms with Gasteiger partial charge in [0.1, 0.15) is 5.82 Å². The topological polar surface area (TPSA) is 127 Å². The highest BCUT2D eigenvalue weighted by Crippen LogP contribution is 2.46. The van der Waals surface area contributed by atoms with Crippen LogP contribution in [0.25, 0.3) is 22.0 Å². The minimum Gasteiger partial charge on any atom is -0.382 e. The Morgan fingerprint density at radius 1 is 1.02 bits per heavy atom. The van der Waals surface area contributed by atoms with Crippen LogP contribution in [0.3, 0.4) is 0 Å². The molecule has 11 heteroatoms. The number of amides is 2. The van der Waals surface area contributed by atoms with Gasteiger partial charge in [-0.05, 0) is 99.3 Å². The number of fused-ring (bicyclic) bond motifs is 3. The molecule has 5 rings (SSSR count). The smallest absolute Gasteiger partial charge is 0.250 e. The minimum absolute atomic E-state index is 0.00374. The third kappa shape index (κ3) is 6.67. The van der Waals surface area contributed by atoms with Gasteiger partial charge in [-0.25, -0.2) is 16.8 Å². The molecule has 46 heavy (non-hydrogen) atoms. The Morgan fingerprint density at radius 2 is 1.72 bits per heavy atom. The fourth-order valence-electron chi connectivity index (χ4n) is 7.42. The maximum atomic E-state index is 14.5. The van der Waals surface area contributed by atoms with Crippen molar-refractivity contribution in [2.24, 2.45) is 17.1 Å². The van der Waals surface area contributed by atoms with E-state index in [2.05, 4.69) is 29.4 Å². The van der Waals surface area contributed by atoms with E-state index in [4.69, 9.17) is 5.73 Å². The number of anilines is 1. The average molecular weight is 654 g/mol. The molecular formula is C35H48FN5O4S. The Morgan fingerprint density at radius 3 is 2.35 bits per heavy atom. The molecule has 9 nitrogen and oxygen atoms in total. The molecule has 2 aromatic carbocycles. The highest BCUT2D eigenvalue weighted by atomic mass is 32.2. The second kappa shape index (κ2) is 13.7. The molecule has 250 valence electrons. The summed E-state index contributed by atoms with van der Waals surface area (Å²) < 4.78 is 43.4. The lowest BCUT2D eigenvalue weighted by Gasteiger charge is -2.36. The number of hydrogen-bond acceptors (Lipinski definition) is 6. The van der Waals surface area contributed by atoms with Crippen LogP contribution >= 0.6 is 0 Å². The highest BCUT2D eigenvalue weighted by Gasteiger charge is 2.42. The van der Waals surface area contributed by atoms with Crippen molar-refractivity contribution >= 4 is 38.4 Å². The fourth-order valence-corrected chi connectivity index (χ4v) is 9.78. The van der Waals surface area contributed by atoms with E-state index >= 15 is 0 Å². The number of primary amides is 1. The number of halogens is 1. The second-order valence-electron chi connectivity index (χ2n) is 13.0. The van der Waals surface area contributed by atoms with Crippen LogP contribution in [0.4, 0.5) is 10.1 Å². The Balaban J connectivity index is 1.44. The van der Waals surface area contributed by atoms with E-state index in [0.29, 0.717) is 53.7 Å². The van der Waals surface area contributed by atoms with Crippen LogP contribution in [-0.4, -0.2) is 67.1 Å². The SMILES string of the molecule is CCN(CC)CCNC(=O)C1CCC(Nc2cc(-c3c4n(c5cc(F)ccc35)S(=O)(=O)CC(CC)(CC)C4)ccc2C(N)=O)CC1. The summed E-state index contributed by atoms with van der Waals surface area (Å²) in [6.07, 6.45) is 4.91. The molecule has 1 saturated carbocycles. The molecule has 0 spiro atoms. The zero-order chi connectivity index (χ0) is 33.2. The van der Waals surface area contributed by atoms with Gasteiger partial charge in [0.05, 0.1) is 16.8 Å². The molecule has 3 aromatic rings. The summed E-state index contributed by atoms with van der Waals surface area (Å²) in [5.41, 5.74) is 8.72. The molecule has 4 N–H and O–H groups in total. The Labute approximate surface area is 272 Å². The van der Waals surface area contributed by atoms with Gasteiger partial charge in [-0.2, -0.15) is 0 Å². The molecule has 2 aliphatic rings. The number of hydrogen-bond donors (Lipinski definition) is 3. The van der Waals surface area contributed by atoms with E-state index in [0.717, 1.165) is 56.4 Å². The molecule has 0 radical (unpaired) electrons. The standard InChI is InChI=1S/C35H48FN5O4S/c1-5-35(6-2)21-31-32(28-16-12-25(36)20-30(28)41(31)46(44,45)22-35)24-11-15-27(33(37)42)29(19-24)39-26-13-9-23(10-14-26)34(43)38-17-18-40(7-3)8-4/h11-12,15-16,19-20,23,26,39H,5-10,13-14,17-18,21-22H2,1-4H3,(H2,37,42)(H,38,43). The molecule has 1 aromatic heterocycles. The number of likely N-dealkylation sites (N-methyl/N-ethyl adjacent to an activating group) is 1. The van der Waals surface area contributed by atoms with E-state index in [1.54, 1.807) is 18.2 Å². The second-order valence-corrected chi connectivity index (χ2v) is 14.8. The molecule has 2 heterocycles. The first kappa shape index (κ1) is 33.9. The third-order valence-corrected chi connectivity index (χ3v) is 12.4. The lowest BCUT2D eigenvalue weighted by atomic mass is 9.78. The van der Waals surface area contributed by atoms with Crippen molar-refractivity contribution in [3.8, 4) is 11.1 Å². The van der Waals surface area contributed by atoms with Gasteiger partial charge in [-0.15, -0.1) is 0 Å². The van der Waals surface area contributed by atoms with E-state index < -0.39 is 27.2 Å². The van der Waals surface area contributed by atoms with Crippen molar-refractivity contribution in [3.05, 3.63) is 53.5 Å². The molecule has 1 aliphatic heterocycles. The number of rotatable bonds is 12. The number of nitrogens with zero attached hydrogens (tertiary/aromatic N) is 2. The molecule has 0 bridgehead atoms. The van der Waals surface area contributed by atoms with Crippen molar-refractivity contribution in [2.45, 2.75) is 78.7 Å². The number of carbonyl (C=O) groups excluding carboxylic acids is 2. The van der Waals surface area contributed by atoms with Gasteiger partial charge >= 0.3 is 0 Å². The lowest BCUT2D eigenvalue weighted by molar-refractivity contribution is -0.126. The van der Waals surface area contributed by atoms with E-state index in [9.17, 15) is 22.4 Å². The maximum absolute atomic E-state index is 14.5. The summed E-state index contributed by atoms with van der Waals surface area (Å²) in [5, 5.41) is 7.28. The van der Waals surface area contributed by atoms with Gasteiger partial charge in [-0.3, -0.25) is 9.59 Å². The number of carbonyl (C=O) groups is 2. The maximum Gasteiger partial charge on any atom is 0.250 e. The third-order valence-electron chi connectivity index (χ3n) is 10.4. The predicted molar refractivity (Wildman–Crippen MR) is 182 cm³/mol. The van der Waals surface area contributed by atoms with Gasteiger partial charge in [0, 0.05) is 47.4 Å². The van der Waals surface area contributed by atoms with Crippen molar-refractivity contribution in [1.82, 2.24) is 14.2 Å². The zero-order valence-corrected chi connectivity index (χ0v) is 28.3. The Hall–Kier alpha value is -3.44. The molecule has 1 fully saturated rings. The van der Waals surface area contributed by atoms with Gasteiger partial charge in [0.15, 0.2) is 0 Å². The summed E-state index contributed by atoms with van der Waals surface area (Å²) >= 11 is 0. The molecule has 0 atom stereocenters. The molecular weight excluding hydrogens is 605 g/mol. The molecule has 2 amide bonds. The van der Waals surface area contributed by atoms with Gasteiger partial charge < -0.3 is 21.3 Å². The van der Waals surface area contributed by atoms with E-state index in [1.165, 1.54) is 16.1 Å². The largest absolute Gasteiger partial charge is 0.382 e. The Bertz CT molecular complexity index is 1700. The molecule has 0 saturated heterocycles. The van der Waals surface area contributed by atoms with Crippen molar-refractivity contribution in [2.75, 3.05) is 37.2 Å². The van der Waals surface area contributed by atoms with Crippen LogP contribution in [-0.2, 0) is 21.2 Å². The first-order valence-electron chi connectivity index (χ1n) is 16.7. The minimum atomic E-state index is -3.76. The van der Waals surface area contributed by atoms with Crippen molar-refractivity contribution in [1.29, 1.82) is 0 Å². The Kier molecular flexibility index (Phi) is 10.1. The van der Waals surface area contributed by atoms with Crippen LogP contribution in [0.15, 0.2) is 36.4 Å². The first-order valence-corrected chi connectivity index (χ1v) is 18.3. The first-order chi connectivity index (χ1) is 22.0. The number of benzene rings is 2. The van der Waals surface area contributed by atoms with Gasteiger partial charge in [0.2, 0.25) is 15.9 Å². The zero-order valence-electron chi connectivity index (χ0n) is 27.5. The quantitative estimate of drug-likeness (QED) is 0.237. The lowest BCUT2D eigenvalue weighted by Crippen LogP contribution is -2.40. The van der Waals surface area contributed by atoms with Crippen LogP contribution in [0.2, 0.25) is 0 Å². The number of nitrogens with two attached hydrogens (primary N) is 1. The predicted octanol–water partition coefficient (Wildman–Crippen LogP) is 5.52. The van der Waals surface area contributed by atoms with Crippen LogP contribution in [0.5, 0.6) is 0 Å². The average Bonchev–Trinajstić information content (AvgIpc) is 3.36. The summed E-state index contributed by atoms with van der Waals surface area (Å²) in [7, 11) is -3.76. The number of aromatic nitrogens is 1. The molecule has 0 unspecified atom stereocenters. The summed E-state index contributed by atoms with van der Waals surface area (Å²) in [4.78, 5) is 27.6. The van der Waals surface area contributed by atoms with Crippen LogP contribution in [0, 0.1) is 17.2 Å². The monoisotopic (exact) mass is 653 g/mol. The van der Waals surface area contributed by atoms with E-state index in [-0.39, 0.29) is 23.6 Å². The summed E-state index contributed by atoms with van der Waals surface area (Å²) in [5.74, 6) is -1.02. The van der Waals surface area contributed by atoms with Gasteiger partial charge in [-0.1, -0.05) is 33.8 Å². The highest BCUT2D eigenvalue weighted by molar-refractivity contribution is 7.90. The number of nitrogens with one attached hydrogen (secondary N) is 2. The fraction of sp³-hybridized carbons (Fsp3) is 0.543.